The van der Waals surface area contributed by atoms with Gasteiger partial charge in [-0.15, -0.1) is 0 Å². The summed E-state index contributed by atoms with van der Waals surface area (Å²) >= 11 is 0. The SMILES string of the molecule is CNC1CCc2cc(-c3cncc(OC(C)C)c3)ccc21. The monoisotopic (exact) mass is 282 g/mol. The zero-order valence-electron chi connectivity index (χ0n) is 12.9. The standard InChI is InChI=1S/C18H22N2O/c1-12(2)21-16-9-15(10-20-11-16)13-4-6-17-14(8-13)5-7-18(17)19-3/h4,6,8-12,18-19H,5,7H2,1-3H3. The molecule has 3 nitrogen and oxygen atoms in total. The highest BCUT2D eigenvalue weighted by Crippen LogP contribution is 2.34. The fourth-order valence-corrected chi connectivity index (χ4v) is 3.01. The number of nitrogens with one attached hydrogen (secondary N) is 1. The van der Waals surface area contributed by atoms with Crippen LogP contribution in [0.1, 0.15) is 37.4 Å². The Morgan fingerprint density at radius 1 is 1.19 bits per heavy atom. The van der Waals surface area contributed by atoms with Gasteiger partial charge in [-0.05, 0) is 56.5 Å². The second-order valence-electron chi connectivity index (χ2n) is 5.87. The van der Waals surface area contributed by atoms with Gasteiger partial charge in [0, 0.05) is 17.8 Å². The summed E-state index contributed by atoms with van der Waals surface area (Å²) in [4.78, 5) is 4.30. The number of pyridine rings is 1. The van der Waals surface area contributed by atoms with Gasteiger partial charge < -0.3 is 10.1 Å². The largest absolute Gasteiger partial charge is 0.489 e. The van der Waals surface area contributed by atoms with E-state index in [1.54, 1.807) is 6.20 Å². The molecule has 21 heavy (non-hydrogen) atoms. The normalized spacial score (nSPS) is 17.0. The summed E-state index contributed by atoms with van der Waals surface area (Å²) in [5.74, 6) is 0.830. The first-order chi connectivity index (χ1) is 10.2. The highest BCUT2D eigenvalue weighted by atomic mass is 16.5. The second-order valence-corrected chi connectivity index (χ2v) is 5.87. The zero-order valence-corrected chi connectivity index (χ0v) is 12.9. The van der Waals surface area contributed by atoms with E-state index in [0.717, 1.165) is 17.7 Å². The van der Waals surface area contributed by atoms with Crippen LogP contribution in [-0.4, -0.2) is 18.1 Å². The van der Waals surface area contributed by atoms with Gasteiger partial charge in [0.1, 0.15) is 5.75 Å². The highest BCUT2D eigenvalue weighted by Gasteiger charge is 2.21. The lowest BCUT2D eigenvalue weighted by molar-refractivity contribution is 0.241. The zero-order chi connectivity index (χ0) is 14.8. The third kappa shape index (κ3) is 2.93. The van der Waals surface area contributed by atoms with Gasteiger partial charge in [0.05, 0.1) is 12.3 Å². The first kappa shape index (κ1) is 14.1. The van der Waals surface area contributed by atoms with Gasteiger partial charge in [0.15, 0.2) is 0 Å². The van der Waals surface area contributed by atoms with Gasteiger partial charge >= 0.3 is 0 Å². The van der Waals surface area contributed by atoms with Crippen LogP contribution in [0.5, 0.6) is 5.75 Å². The summed E-state index contributed by atoms with van der Waals surface area (Å²) in [7, 11) is 2.03. The van der Waals surface area contributed by atoms with E-state index < -0.39 is 0 Å². The second kappa shape index (κ2) is 5.86. The van der Waals surface area contributed by atoms with E-state index in [4.69, 9.17) is 4.74 Å². The predicted molar refractivity (Wildman–Crippen MR) is 85.6 cm³/mol. The molecular formula is C18H22N2O. The molecule has 1 aliphatic carbocycles. The fourth-order valence-electron chi connectivity index (χ4n) is 3.01. The molecule has 0 radical (unpaired) electrons. The van der Waals surface area contributed by atoms with Crippen LogP contribution in [0.3, 0.4) is 0 Å². The molecule has 0 fully saturated rings. The van der Waals surface area contributed by atoms with E-state index in [0.29, 0.717) is 6.04 Å². The molecule has 1 aromatic carbocycles. The number of fused-ring (bicyclic) bond motifs is 1. The minimum absolute atomic E-state index is 0.165. The summed E-state index contributed by atoms with van der Waals surface area (Å²) in [5.41, 5.74) is 5.21. The quantitative estimate of drug-likeness (QED) is 0.927. The maximum Gasteiger partial charge on any atom is 0.138 e. The summed E-state index contributed by atoms with van der Waals surface area (Å²) in [6.07, 6.45) is 6.17. The van der Waals surface area contributed by atoms with Crippen LogP contribution < -0.4 is 10.1 Å². The number of ether oxygens (including phenoxy) is 1. The Morgan fingerprint density at radius 3 is 2.81 bits per heavy atom. The molecule has 0 amide bonds. The average Bonchev–Trinajstić information content (AvgIpc) is 2.89. The van der Waals surface area contributed by atoms with Crippen LogP contribution in [0, 0.1) is 0 Å². The van der Waals surface area contributed by atoms with Crippen LogP contribution >= 0.6 is 0 Å². The molecule has 1 atom stereocenters. The average molecular weight is 282 g/mol. The Kier molecular flexibility index (Phi) is 3.93. The van der Waals surface area contributed by atoms with Crippen LogP contribution in [-0.2, 0) is 6.42 Å². The molecule has 1 N–H and O–H groups in total. The van der Waals surface area contributed by atoms with Crippen molar-refractivity contribution in [1.82, 2.24) is 10.3 Å². The van der Waals surface area contributed by atoms with Crippen molar-refractivity contribution in [3.63, 3.8) is 0 Å². The van der Waals surface area contributed by atoms with Crippen molar-refractivity contribution in [1.29, 1.82) is 0 Å². The summed E-state index contributed by atoms with van der Waals surface area (Å²) < 4.78 is 5.73. The summed E-state index contributed by atoms with van der Waals surface area (Å²) in [6, 6.07) is 9.30. The number of rotatable bonds is 4. The molecular weight excluding hydrogens is 260 g/mol. The highest BCUT2D eigenvalue weighted by molar-refractivity contribution is 5.66. The fraction of sp³-hybridized carbons (Fsp3) is 0.389. The van der Waals surface area contributed by atoms with Crippen LogP contribution in [0.2, 0.25) is 0 Å². The van der Waals surface area contributed by atoms with E-state index in [1.165, 1.54) is 23.1 Å². The van der Waals surface area contributed by atoms with Gasteiger partial charge in [-0.25, -0.2) is 0 Å². The molecule has 1 heterocycles. The van der Waals surface area contributed by atoms with Gasteiger partial charge in [0.25, 0.3) is 0 Å². The topological polar surface area (TPSA) is 34.2 Å². The van der Waals surface area contributed by atoms with Crippen molar-refractivity contribution in [2.45, 2.75) is 38.8 Å². The molecule has 0 aliphatic heterocycles. The van der Waals surface area contributed by atoms with Gasteiger partial charge in [0.2, 0.25) is 0 Å². The van der Waals surface area contributed by atoms with E-state index in [9.17, 15) is 0 Å². The van der Waals surface area contributed by atoms with E-state index in [2.05, 4.69) is 34.6 Å². The summed E-state index contributed by atoms with van der Waals surface area (Å²) in [5, 5.41) is 3.38. The molecule has 1 unspecified atom stereocenters. The third-order valence-electron chi connectivity index (χ3n) is 3.99. The number of hydrogen-bond acceptors (Lipinski definition) is 3. The Balaban J connectivity index is 1.91. The number of benzene rings is 1. The van der Waals surface area contributed by atoms with Gasteiger partial charge in [-0.2, -0.15) is 0 Å². The Bertz CT molecular complexity index is 637. The maximum atomic E-state index is 5.73. The molecule has 1 aliphatic rings. The van der Waals surface area contributed by atoms with Crippen LogP contribution in [0.4, 0.5) is 0 Å². The number of hydrogen-bond donors (Lipinski definition) is 1. The van der Waals surface area contributed by atoms with Crippen molar-refractivity contribution in [3.05, 3.63) is 47.8 Å². The summed E-state index contributed by atoms with van der Waals surface area (Å²) in [6.45, 7) is 4.06. The Hall–Kier alpha value is -1.87. The maximum absolute atomic E-state index is 5.73. The van der Waals surface area contributed by atoms with Crippen molar-refractivity contribution in [2.75, 3.05) is 7.05 Å². The van der Waals surface area contributed by atoms with E-state index in [-0.39, 0.29) is 6.10 Å². The van der Waals surface area contributed by atoms with Crippen LogP contribution in [0.25, 0.3) is 11.1 Å². The number of aryl methyl sites for hydroxylation is 1. The Labute approximate surface area is 126 Å². The predicted octanol–water partition coefficient (Wildman–Crippen LogP) is 3.74. The van der Waals surface area contributed by atoms with Crippen LogP contribution in [0.15, 0.2) is 36.7 Å². The number of aromatic nitrogens is 1. The van der Waals surface area contributed by atoms with Crippen molar-refractivity contribution >= 4 is 0 Å². The lowest BCUT2D eigenvalue weighted by atomic mass is 10.0. The molecule has 0 spiro atoms. The Morgan fingerprint density at radius 2 is 2.05 bits per heavy atom. The molecule has 3 rings (SSSR count). The van der Waals surface area contributed by atoms with Crippen molar-refractivity contribution in [3.8, 4) is 16.9 Å². The first-order valence-electron chi connectivity index (χ1n) is 7.59. The molecule has 110 valence electrons. The van der Waals surface area contributed by atoms with E-state index >= 15 is 0 Å². The molecule has 0 saturated carbocycles. The number of nitrogens with zero attached hydrogens (tertiary/aromatic N) is 1. The lowest BCUT2D eigenvalue weighted by Gasteiger charge is -2.12. The first-order valence-corrected chi connectivity index (χ1v) is 7.59. The molecule has 3 heteroatoms. The molecule has 0 saturated heterocycles. The smallest absolute Gasteiger partial charge is 0.138 e. The minimum Gasteiger partial charge on any atom is -0.489 e. The van der Waals surface area contributed by atoms with Crippen molar-refractivity contribution < 1.29 is 4.74 Å². The van der Waals surface area contributed by atoms with Crippen molar-refractivity contribution in [2.24, 2.45) is 0 Å². The minimum atomic E-state index is 0.165. The van der Waals surface area contributed by atoms with Gasteiger partial charge in [-0.1, -0.05) is 18.2 Å². The molecule has 0 bridgehead atoms. The molecule has 2 aromatic rings. The van der Waals surface area contributed by atoms with E-state index in [1.807, 2.05) is 27.1 Å². The third-order valence-corrected chi connectivity index (χ3v) is 3.99. The van der Waals surface area contributed by atoms with Gasteiger partial charge in [-0.3, -0.25) is 4.98 Å². The lowest BCUT2D eigenvalue weighted by Crippen LogP contribution is -2.12. The molecule has 1 aromatic heterocycles.